The predicted octanol–water partition coefficient (Wildman–Crippen LogP) is 5.95. The van der Waals surface area contributed by atoms with E-state index in [0.717, 1.165) is 27.3 Å². The number of methoxy groups -OCH3 is 1. The summed E-state index contributed by atoms with van der Waals surface area (Å²) in [6.07, 6.45) is -0.277. The summed E-state index contributed by atoms with van der Waals surface area (Å²) >= 11 is 7.90. The monoisotopic (exact) mass is 417 g/mol. The standard InChI is InChI=1S/C21H24ClN3O2S/c1-14(2)25-20(15(3)27-19-12-8-7-11-18(19)26-4)23-24-21(25)28-13-16-9-5-6-10-17(16)22/h5-12,14-15H,13H2,1-4H3. The Morgan fingerprint density at radius 3 is 2.36 bits per heavy atom. The molecule has 0 radical (unpaired) electrons. The normalized spacial score (nSPS) is 12.2. The lowest BCUT2D eigenvalue weighted by Crippen LogP contribution is -2.14. The second-order valence-corrected chi connectivity index (χ2v) is 7.95. The van der Waals surface area contributed by atoms with Crippen LogP contribution in [0.15, 0.2) is 53.7 Å². The van der Waals surface area contributed by atoms with Crippen molar-refractivity contribution >= 4 is 23.4 Å². The van der Waals surface area contributed by atoms with Crippen LogP contribution >= 0.6 is 23.4 Å². The van der Waals surface area contributed by atoms with E-state index in [4.69, 9.17) is 21.1 Å². The first kappa shape index (κ1) is 20.6. The Bertz CT molecular complexity index is 930. The van der Waals surface area contributed by atoms with E-state index >= 15 is 0 Å². The van der Waals surface area contributed by atoms with Gasteiger partial charge >= 0.3 is 0 Å². The third kappa shape index (κ3) is 4.62. The fraction of sp³-hybridized carbons (Fsp3) is 0.333. The number of aromatic nitrogens is 3. The number of hydrogen-bond acceptors (Lipinski definition) is 5. The first-order valence-electron chi connectivity index (χ1n) is 9.12. The smallest absolute Gasteiger partial charge is 0.191 e. The van der Waals surface area contributed by atoms with Gasteiger partial charge in [0.25, 0.3) is 0 Å². The van der Waals surface area contributed by atoms with Crippen LogP contribution in [0.3, 0.4) is 0 Å². The van der Waals surface area contributed by atoms with Crippen LogP contribution in [0.5, 0.6) is 11.5 Å². The van der Waals surface area contributed by atoms with Crippen LogP contribution in [0.25, 0.3) is 0 Å². The van der Waals surface area contributed by atoms with Crippen LogP contribution in [0.1, 0.15) is 44.3 Å². The van der Waals surface area contributed by atoms with Crippen molar-refractivity contribution in [1.29, 1.82) is 0 Å². The molecule has 0 N–H and O–H groups in total. The zero-order chi connectivity index (χ0) is 20.1. The van der Waals surface area contributed by atoms with Gasteiger partial charge in [0.2, 0.25) is 0 Å². The van der Waals surface area contributed by atoms with Gasteiger partial charge < -0.3 is 14.0 Å². The molecule has 28 heavy (non-hydrogen) atoms. The third-order valence-electron chi connectivity index (χ3n) is 4.26. The van der Waals surface area contributed by atoms with Crippen LogP contribution < -0.4 is 9.47 Å². The van der Waals surface area contributed by atoms with Gasteiger partial charge in [-0.25, -0.2) is 0 Å². The van der Waals surface area contributed by atoms with E-state index in [2.05, 4.69) is 28.6 Å². The molecule has 1 unspecified atom stereocenters. The molecule has 1 aromatic heterocycles. The highest BCUT2D eigenvalue weighted by Gasteiger charge is 2.22. The van der Waals surface area contributed by atoms with Gasteiger partial charge in [0.05, 0.1) is 7.11 Å². The summed E-state index contributed by atoms with van der Waals surface area (Å²) in [6, 6.07) is 15.6. The highest BCUT2D eigenvalue weighted by Crippen LogP contribution is 2.33. The Morgan fingerprint density at radius 1 is 1.00 bits per heavy atom. The van der Waals surface area contributed by atoms with Gasteiger partial charge in [0.15, 0.2) is 28.6 Å². The van der Waals surface area contributed by atoms with Crippen molar-refractivity contribution in [2.24, 2.45) is 0 Å². The minimum atomic E-state index is -0.277. The Hall–Kier alpha value is -2.18. The first-order chi connectivity index (χ1) is 13.5. The summed E-state index contributed by atoms with van der Waals surface area (Å²) in [7, 11) is 1.63. The quantitative estimate of drug-likeness (QED) is 0.423. The molecule has 3 aromatic rings. The molecule has 3 rings (SSSR count). The van der Waals surface area contributed by atoms with Crippen molar-refractivity contribution in [3.8, 4) is 11.5 Å². The number of benzene rings is 2. The lowest BCUT2D eigenvalue weighted by Gasteiger charge is -2.19. The molecule has 0 aliphatic heterocycles. The second kappa shape index (κ2) is 9.34. The first-order valence-corrected chi connectivity index (χ1v) is 10.5. The Labute approximate surface area is 175 Å². The summed E-state index contributed by atoms with van der Waals surface area (Å²) < 4.78 is 13.6. The van der Waals surface area contributed by atoms with Crippen molar-refractivity contribution in [1.82, 2.24) is 14.8 Å². The average molecular weight is 418 g/mol. The Kier molecular flexibility index (Phi) is 6.86. The van der Waals surface area contributed by atoms with Crippen LogP contribution in [-0.4, -0.2) is 21.9 Å². The maximum absolute atomic E-state index is 6.28. The minimum Gasteiger partial charge on any atom is -0.493 e. The molecule has 148 valence electrons. The number of rotatable bonds is 8. The number of halogens is 1. The van der Waals surface area contributed by atoms with Gasteiger partial charge in [0, 0.05) is 16.8 Å². The molecule has 0 saturated carbocycles. The van der Waals surface area contributed by atoms with E-state index in [9.17, 15) is 0 Å². The summed E-state index contributed by atoms with van der Waals surface area (Å²) in [5.41, 5.74) is 1.08. The highest BCUT2D eigenvalue weighted by atomic mass is 35.5. The van der Waals surface area contributed by atoms with E-state index in [1.807, 2.05) is 55.5 Å². The van der Waals surface area contributed by atoms with E-state index in [1.165, 1.54) is 0 Å². The number of thioether (sulfide) groups is 1. The summed E-state index contributed by atoms with van der Waals surface area (Å²) in [4.78, 5) is 0. The molecule has 5 nitrogen and oxygen atoms in total. The Morgan fingerprint density at radius 2 is 1.68 bits per heavy atom. The van der Waals surface area contributed by atoms with Crippen LogP contribution in [0, 0.1) is 0 Å². The summed E-state index contributed by atoms with van der Waals surface area (Å²) in [6.45, 7) is 6.20. The lowest BCUT2D eigenvalue weighted by atomic mass is 10.2. The zero-order valence-electron chi connectivity index (χ0n) is 16.4. The molecule has 1 heterocycles. The van der Waals surface area contributed by atoms with E-state index in [-0.39, 0.29) is 12.1 Å². The lowest BCUT2D eigenvalue weighted by molar-refractivity contribution is 0.198. The van der Waals surface area contributed by atoms with Crippen molar-refractivity contribution in [2.75, 3.05) is 7.11 Å². The van der Waals surface area contributed by atoms with Crippen LogP contribution in [0.2, 0.25) is 5.02 Å². The fourth-order valence-electron chi connectivity index (χ4n) is 2.87. The third-order valence-corrected chi connectivity index (χ3v) is 5.62. The molecule has 0 spiro atoms. The van der Waals surface area contributed by atoms with Crippen molar-refractivity contribution in [3.63, 3.8) is 0 Å². The molecule has 0 aliphatic rings. The maximum atomic E-state index is 6.28. The molecule has 7 heteroatoms. The number of para-hydroxylation sites is 2. The summed E-state index contributed by atoms with van der Waals surface area (Å²) in [5, 5.41) is 10.4. The van der Waals surface area contributed by atoms with Crippen molar-refractivity contribution < 1.29 is 9.47 Å². The highest BCUT2D eigenvalue weighted by molar-refractivity contribution is 7.98. The maximum Gasteiger partial charge on any atom is 0.191 e. The SMILES string of the molecule is COc1ccccc1OC(C)c1nnc(SCc2ccccc2Cl)n1C(C)C. The Balaban J connectivity index is 1.81. The molecular formula is C21H24ClN3O2S. The molecule has 1 atom stereocenters. The number of nitrogens with zero attached hydrogens (tertiary/aromatic N) is 3. The fourth-order valence-corrected chi connectivity index (χ4v) is 4.23. The minimum absolute atomic E-state index is 0.197. The topological polar surface area (TPSA) is 49.2 Å². The van der Waals surface area contributed by atoms with Crippen molar-refractivity contribution in [3.05, 3.63) is 64.9 Å². The zero-order valence-corrected chi connectivity index (χ0v) is 18.0. The number of hydrogen-bond donors (Lipinski definition) is 0. The molecule has 2 aromatic carbocycles. The number of ether oxygens (including phenoxy) is 2. The van der Waals surface area contributed by atoms with E-state index in [0.29, 0.717) is 11.5 Å². The van der Waals surface area contributed by atoms with Crippen LogP contribution in [-0.2, 0) is 5.75 Å². The van der Waals surface area contributed by atoms with Gasteiger partial charge in [-0.2, -0.15) is 0 Å². The van der Waals surface area contributed by atoms with Crippen molar-refractivity contribution in [2.45, 2.75) is 43.8 Å². The van der Waals surface area contributed by atoms with Crippen LogP contribution in [0.4, 0.5) is 0 Å². The van der Waals surface area contributed by atoms with Gasteiger partial charge in [-0.3, -0.25) is 0 Å². The largest absolute Gasteiger partial charge is 0.493 e. The molecule has 0 fully saturated rings. The molecule has 0 aliphatic carbocycles. The van der Waals surface area contributed by atoms with E-state index < -0.39 is 0 Å². The van der Waals surface area contributed by atoms with Gasteiger partial charge in [-0.1, -0.05) is 53.7 Å². The van der Waals surface area contributed by atoms with Gasteiger partial charge in [-0.15, -0.1) is 10.2 Å². The predicted molar refractivity (Wildman–Crippen MR) is 113 cm³/mol. The molecule has 0 saturated heterocycles. The van der Waals surface area contributed by atoms with E-state index in [1.54, 1.807) is 18.9 Å². The average Bonchev–Trinajstić information content (AvgIpc) is 3.12. The van der Waals surface area contributed by atoms with Gasteiger partial charge in [0.1, 0.15) is 0 Å². The second-order valence-electron chi connectivity index (χ2n) is 6.60. The molecule has 0 amide bonds. The molecular weight excluding hydrogens is 394 g/mol. The molecule has 0 bridgehead atoms. The van der Waals surface area contributed by atoms with Gasteiger partial charge in [-0.05, 0) is 44.5 Å². The summed E-state index contributed by atoms with van der Waals surface area (Å²) in [5.74, 6) is 2.88.